The van der Waals surface area contributed by atoms with Gasteiger partial charge in [0.05, 0.1) is 18.8 Å². The summed E-state index contributed by atoms with van der Waals surface area (Å²) < 4.78 is 11.5. The van der Waals surface area contributed by atoms with E-state index < -0.39 is 17.8 Å². The molecule has 0 aliphatic rings. The number of carbonyl (C=O) groups is 2. The summed E-state index contributed by atoms with van der Waals surface area (Å²) in [6, 6.07) is 3.48. The van der Waals surface area contributed by atoms with Crippen LogP contribution in [-0.4, -0.2) is 34.0 Å². The van der Waals surface area contributed by atoms with Gasteiger partial charge in [0.2, 0.25) is 0 Å². The van der Waals surface area contributed by atoms with Crippen molar-refractivity contribution < 1.29 is 19.1 Å². The molecule has 3 heterocycles. The number of amides is 2. The van der Waals surface area contributed by atoms with Crippen LogP contribution in [0, 0.1) is 6.92 Å². The van der Waals surface area contributed by atoms with E-state index >= 15 is 0 Å². The first kappa shape index (κ1) is 23.7. The number of nitrogens with one attached hydrogen (secondary N) is 2. The number of carbonyl (C=O) groups excluding carboxylic acids is 2. The van der Waals surface area contributed by atoms with Crippen molar-refractivity contribution in [3.8, 4) is 5.75 Å². The Morgan fingerprint density at radius 1 is 1.28 bits per heavy atom. The largest absolute Gasteiger partial charge is 0.444 e. The van der Waals surface area contributed by atoms with Crippen molar-refractivity contribution in [2.24, 2.45) is 0 Å². The van der Waals surface area contributed by atoms with Gasteiger partial charge in [-0.15, -0.1) is 27.8 Å². The molecule has 0 radical (unpaired) electrons. The lowest BCUT2D eigenvalue weighted by Crippen LogP contribution is -2.38. The minimum absolute atomic E-state index is 0.318. The molecule has 0 bridgehead atoms. The van der Waals surface area contributed by atoms with E-state index in [4.69, 9.17) is 9.47 Å². The van der Waals surface area contributed by atoms with Crippen LogP contribution in [0.25, 0.3) is 15.8 Å². The molecule has 0 fully saturated rings. The number of rotatable bonds is 6. The molecule has 3 rings (SSSR count). The monoisotopic (exact) mass is 474 g/mol. The minimum Gasteiger partial charge on any atom is -0.444 e. The van der Waals surface area contributed by atoms with Crippen LogP contribution in [0.5, 0.6) is 5.75 Å². The fourth-order valence-corrected chi connectivity index (χ4v) is 4.74. The lowest BCUT2D eigenvalue weighted by Gasteiger charge is -2.22. The second-order valence-electron chi connectivity index (χ2n) is 8.16. The van der Waals surface area contributed by atoms with E-state index in [9.17, 15) is 9.59 Å². The lowest BCUT2D eigenvalue weighted by molar-refractivity contribution is 0.0519. The second kappa shape index (κ2) is 9.66. The topological polar surface area (TPSA) is 102 Å². The SMILES string of the molecule is C=C(c1sc2c(OC(=O)NCc3cccs3)cnnc2c1C)[C@H](C)NC(=O)OC(C)(C)C. The Morgan fingerprint density at radius 3 is 2.69 bits per heavy atom. The standard InChI is InChI=1S/C22H26N4O4S2/c1-12(14(3)25-21(28)30-22(4,5)6)18-13(2)17-19(32-18)16(11-24-26-17)29-20(27)23-10-15-8-7-9-31-15/h7-9,11,14H,1,10H2,2-6H3,(H,23,27)(H,25,28)/t14-/m0/s1. The number of hydrogen-bond acceptors (Lipinski definition) is 8. The van der Waals surface area contributed by atoms with Gasteiger partial charge in [-0.25, -0.2) is 9.59 Å². The number of alkyl carbamates (subject to hydrolysis) is 1. The van der Waals surface area contributed by atoms with Gasteiger partial charge in [-0.05, 0) is 57.2 Å². The van der Waals surface area contributed by atoms with Gasteiger partial charge in [-0.1, -0.05) is 12.6 Å². The first-order valence-corrected chi connectivity index (χ1v) is 11.7. The molecule has 2 amide bonds. The molecule has 8 nitrogen and oxygen atoms in total. The van der Waals surface area contributed by atoms with E-state index in [2.05, 4.69) is 27.4 Å². The first-order valence-electron chi connectivity index (χ1n) is 9.96. The van der Waals surface area contributed by atoms with Crippen molar-refractivity contribution in [3.05, 3.63) is 45.6 Å². The summed E-state index contributed by atoms with van der Waals surface area (Å²) in [5.41, 5.74) is 1.58. The summed E-state index contributed by atoms with van der Waals surface area (Å²) in [7, 11) is 0. The van der Waals surface area contributed by atoms with Crippen LogP contribution in [-0.2, 0) is 11.3 Å². The molecule has 3 aromatic heterocycles. The van der Waals surface area contributed by atoms with Gasteiger partial charge >= 0.3 is 12.2 Å². The van der Waals surface area contributed by atoms with Crippen LogP contribution in [0.3, 0.4) is 0 Å². The molecule has 170 valence electrons. The molecule has 0 aromatic carbocycles. The fraction of sp³-hybridized carbons (Fsp3) is 0.364. The number of hydrogen-bond donors (Lipinski definition) is 2. The van der Waals surface area contributed by atoms with E-state index in [0.717, 1.165) is 15.3 Å². The number of nitrogens with zero attached hydrogens (tertiary/aromatic N) is 2. The van der Waals surface area contributed by atoms with Gasteiger partial charge in [0.1, 0.15) is 15.8 Å². The van der Waals surface area contributed by atoms with Crippen LogP contribution in [0.4, 0.5) is 9.59 Å². The van der Waals surface area contributed by atoms with E-state index in [0.29, 0.717) is 28.1 Å². The molecular formula is C22H26N4O4S2. The molecule has 0 aliphatic carbocycles. The third kappa shape index (κ3) is 5.83. The van der Waals surface area contributed by atoms with Gasteiger partial charge < -0.3 is 20.1 Å². The Morgan fingerprint density at radius 2 is 2.03 bits per heavy atom. The van der Waals surface area contributed by atoms with Crippen molar-refractivity contribution in [2.75, 3.05) is 0 Å². The summed E-state index contributed by atoms with van der Waals surface area (Å²) in [5.74, 6) is 0.318. The predicted octanol–water partition coefficient (Wildman–Crippen LogP) is 5.28. The van der Waals surface area contributed by atoms with E-state index in [1.54, 1.807) is 32.1 Å². The van der Waals surface area contributed by atoms with Crippen molar-refractivity contribution in [1.82, 2.24) is 20.8 Å². The molecule has 2 N–H and O–H groups in total. The average molecular weight is 475 g/mol. The summed E-state index contributed by atoms with van der Waals surface area (Å²) in [5, 5.41) is 15.7. The van der Waals surface area contributed by atoms with Crippen molar-refractivity contribution in [3.63, 3.8) is 0 Å². The van der Waals surface area contributed by atoms with Crippen LogP contribution in [0.15, 0.2) is 30.3 Å². The Hall–Kier alpha value is -2.98. The molecule has 0 spiro atoms. The lowest BCUT2D eigenvalue weighted by atomic mass is 10.1. The zero-order valence-corrected chi connectivity index (χ0v) is 20.3. The van der Waals surface area contributed by atoms with Crippen molar-refractivity contribution in [1.29, 1.82) is 0 Å². The Kier molecular flexibility index (Phi) is 7.15. The van der Waals surface area contributed by atoms with Gasteiger partial charge in [0.15, 0.2) is 5.75 Å². The maximum Gasteiger partial charge on any atom is 0.413 e. The normalized spacial score (nSPS) is 12.3. The number of fused-ring (bicyclic) bond motifs is 1. The summed E-state index contributed by atoms with van der Waals surface area (Å²) >= 11 is 2.94. The maximum atomic E-state index is 12.3. The highest BCUT2D eigenvalue weighted by molar-refractivity contribution is 7.20. The van der Waals surface area contributed by atoms with Crippen molar-refractivity contribution in [2.45, 2.75) is 52.8 Å². The first-order chi connectivity index (χ1) is 15.0. The molecule has 0 saturated carbocycles. The Labute approximate surface area is 194 Å². The molecule has 0 saturated heterocycles. The average Bonchev–Trinajstić information content (AvgIpc) is 3.33. The molecule has 10 heteroatoms. The van der Waals surface area contributed by atoms with E-state index in [1.807, 2.05) is 31.4 Å². The highest BCUT2D eigenvalue weighted by Gasteiger charge is 2.23. The highest BCUT2D eigenvalue weighted by atomic mass is 32.1. The van der Waals surface area contributed by atoms with Gasteiger partial charge in [-0.2, -0.15) is 5.10 Å². The third-order valence-electron chi connectivity index (χ3n) is 4.41. The molecular weight excluding hydrogens is 448 g/mol. The molecule has 0 unspecified atom stereocenters. The molecule has 0 aliphatic heterocycles. The third-order valence-corrected chi connectivity index (χ3v) is 6.66. The van der Waals surface area contributed by atoms with E-state index in [-0.39, 0.29) is 6.04 Å². The number of aryl methyl sites for hydroxylation is 1. The molecule has 32 heavy (non-hydrogen) atoms. The maximum absolute atomic E-state index is 12.3. The van der Waals surface area contributed by atoms with Crippen LogP contribution in [0.2, 0.25) is 0 Å². The summed E-state index contributed by atoms with van der Waals surface area (Å²) in [6.07, 6.45) is 0.327. The number of thiophene rings is 2. The Bertz CT molecular complexity index is 1130. The van der Waals surface area contributed by atoms with Crippen LogP contribution in [0.1, 0.15) is 43.0 Å². The highest BCUT2D eigenvalue weighted by Crippen LogP contribution is 2.39. The summed E-state index contributed by atoms with van der Waals surface area (Å²) in [6.45, 7) is 13.7. The van der Waals surface area contributed by atoms with Gasteiger partial charge in [-0.3, -0.25) is 0 Å². The minimum atomic E-state index is -0.593. The fourth-order valence-electron chi connectivity index (χ4n) is 2.85. The smallest absolute Gasteiger partial charge is 0.413 e. The van der Waals surface area contributed by atoms with Crippen LogP contribution < -0.4 is 15.4 Å². The predicted molar refractivity (Wildman–Crippen MR) is 127 cm³/mol. The molecule has 1 atom stereocenters. The number of aromatic nitrogens is 2. The van der Waals surface area contributed by atoms with Gasteiger partial charge in [0, 0.05) is 9.75 Å². The van der Waals surface area contributed by atoms with Crippen molar-refractivity contribution >= 4 is 50.6 Å². The Balaban J connectivity index is 1.75. The van der Waals surface area contributed by atoms with E-state index in [1.165, 1.54) is 17.5 Å². The zero-order valence-electron chi connectivity index (χ0n) is 18.6. The zero-order chi connectivity index (χ0) is 23.5. The second-order valence-corrected chi connectivity index (χ2v) is 10.2. The van der Waals surface area contributed by atoms with Gasteiger partial charge in [0.25, 0.3) is 0 Å². The molecule has 3 aromatic rings. The quantitative estimate of drug-likeness (QED) is 0.504. The number of ether oxygens (including phenoxy) is 2. The summed E-state index contributed by atoms with van der Waals surface area (Å²) in [4.78, 5) is 26.3. The van der Waals surface area contributed by atoms with Crippen LogP contribution >= 0.6 is 22.7 Å².